The van der Waals surface area contributed by atoms with Crippen molar-refractivity contribution in [2.75, 3.05) is 0 Å². The maximum absolute atomic E-state index is 3.27. The molecule has 0 aliphatic heterocycles. The van der Waals surface area contributed by atoms with Crippen LogP contribution in [0.4, 0.5) is 0 Å². The minimum absolute atomic E-state index is 1.09. The fourth-order valence-corrected chi connectivity index (χ4v) is 4.58. The Balaban J connectivity index is 2.17. The molecule has 0 aliphatic carbocycles. The fraction of sp³-hybridized carbons (Fsp3) is 0.300. The Morgan fingerprint density at radius 3 is 1.00 bits per heavy atom. The molecule has 0 radical (unpaired) electrons. The minimum Gasteiger partial charge on any atom is -0.0656 e. The Bertz CT molecular complexity index is 624. The zero-order valence-corrected chi connectivity index (χ0v) is 16.6. The molecule has 0 heterocycles. The zero-order chi connectivity index (χ0) is 16.4. The summed E-state index contributed by atoms with van der Waals surface area (Å²) >= 11 is 0. The van der Waals surface area contributed by atoms with Gasteiger partial charge in [-0.25, -0.2) is 0 Å². The largest absolute Gasteiger partial charge is 0.0775 e. The van der Waals surface area contributed by atoms with E-state index in [1.807, 2.05) is 0 Å². The molecule has 2 aromatic rings. The van der Waals surface area contributed by atoms with Crippen LogP contribution in [0.2, 0.25) is 39.3 Å². The van der Waals surface area contributed by atoms with Gasteiger partial charge in [0.2, 0.25) is 0 Å². The molecule has 2 heteroatoms. The van der Waals surface area contributed by atoms with E-state index in [0.29, 0.717) is 0 Å². The highest BCUT2D eigenvalue weighted by Gasteiger charge is 2.16. The van der Waals surface area contributed by atoms with E-state index >= 15 is 0 Å². The molecular weight excluding hydrogens is 296 g/mol. The lowest BCUT2D eigenvalue weighted by atomic mass is 10.2. The molecule has 2 rings (SSSR count). The van der Waals surface area contributed by atoms with E-state index in [4.69, 9.17) is 0 Å². The second kappa shape index (κ2) is 6.28. The van der Waals surface area contributed by atoms with Crippen LogP contribution in [0.15, 0.2) is 48.5 Å². The van der Waals surface area contributed by atoms with Gasteiger partial charge in [-0.15, -0.1) is 0 Å². The van der Waals surface area contributed by atoms with Crippen LogP contribution in [0, 0.1) is 11.8 Å². The fourth-order valence-electron chi connectivity index (χ4n) is 2.25. The van der Waals surface area contributed by atoms with Crippen molar-refractivity contribution in [3.8, 4) is 11.8 Å². The first-order valence-electron chi connectivity index (χ1n) is 7.89. The van der Waals surface area contributed by atoms with Crippen LogP contribution in [0.1, 0.15) is 11.1 Å². The van der Waals surface area contributed by atoms with Gasteiger partial charge in [-0.05, 0) is 24.3 Å². The predicted molar refractivity (Wildman–Crippen MR) is 105 cm³/mol. The highest BCUT2D eigenvalue weighted by molar-refractivity contribution is 6.89. The molecule has 22 heavy (non-hydrogen) atoms. The van der Waals surface area contributed by atoms with E-state index in [0.717, 1.165) is 11.1 Å². The monoisotopic (exact) mass is 322 g/mol. The third-order valence-corrected chi connectivity index (χ3v) is 7.98. The van der Waals surface area contributed by atoms with Gasteiger partial charge in [0.1, 0.15) is 0 Å². The first-order valence-corrected chi connectivity index (χ1v) is 14.9. The lowest BCUT2D eigenvalue weighted by molar-refractivity contribution is 1.62. The summed E-state index contributed by atoms with van der Waals surface area (Å²) in [4.78, 5) is 0. The van der Waals surface area contributed by atoms with E-state index in [1.54, 1.807) is 0 Å². The lowest BCUT2D eigenvalue weighted by Gasteiger charge is -2.16. The van der Waals surface area contributed by atoms with Crippen LogP contribution in [0.3, 0.4) is 0 Å². The smallest absolute Gasteiger partial charge is 0.0656 e. The van der Waals surface area contributed by atoms with Crippen LogP contribution in [-0.4, -0.2) is 16.1 Å². The quantitative estimate of drug-likeness (QED) is 0.575. The van der Waals surface area contributed by atoms with E-state index < -0.39 is 16.1 Å². The summed E-state index contributed by atoms with van der Waals surface area (Å²) in [5.41, 5.74) is 2.19. The standard InChI is InChI=1S/C20H26Si2/c1-21(2,3)19-13-9-17(10-14-19)7-8-18-11-15-20(16-12-18)22(4,5)6/h9-16H,1-6H3. The molecule has 0 fully saturated rings. The van der Waals surface area contributed by atoms with Gasteiger partial charge in [-0.1, -0.05) is 85.8 Å². The molecule has 0 aromatic heterocycles. The van der Waals surface area contributed by atoms with E-state index in [-0.39, 0.29) is 0 Å². The van der Waals surface area contributed by atoms with Gasteiger partial charge in [-0.2, -0.15) is 0 Å². The number of hydrogen-bond acceptors (Lipinski definition) is 0. The van der Waals surface area contributed by atoms with Crippen LogP contribution >= 0.6 is 0 Å². The molecule has 0 bridgehead atoms. The second-order valence-electron chi connectivity index (χ2n) is 7.90. The summed E-state index contributed by atoms with van der Waals surface area (Å²) < 4.78 is 0. The summed E-state index contributed by atoms with van der Waals surface area (Å²) in [6.07, 6.45) is 0. The average Bonchev–Trinajstić information content (AvgIpc) is 2.44. The summed E-state index contributed by atoms with van der Waals surface area (Å²) in [7, 11) is -2.42. The van der Waals surface area contributed by atoms with Crippen LogP contribution in [0.25, 0.3) is 0 Å². The van der Waals surface area contributed by atoms with Gasteiger partial charge in [0.25, 0.3) is 0 Å². The normalized spacial score (nSPS) is 11.7. The van der Waals surface area contributed by atoms with E-state index in [2.05, 4.69) is 99.7 Å². The topological polar surface area (TPSA) is 0 Å². The average molecular weight is 323 g/mol. The molecule has 2 aromatic carbocycles. The molecule has 0 unspecified atom stereocenters. The summed E-state index contributed by atoms with van der Waals surface area (Å²) in [5, 5.41) is 2.97. The Hall–Kier alpha value is -1.57. The van der Waals surface area contributed by atoms with Gasteiger partial charge in [0.05, 0.1) is 16.1 Å². The third-order valence-electron chi connectivity index (χ3n) is 3.85. The van der Waals surface area contributed by atoms with E-state index in [1.165, 1.54) is 10.4 Å². The molecular formula is C20H26Si2. The van der Waals surface area contributed by atoms with Crippen molar-refractivity contribution in [3.63, 3.8) is 0 Å². The van der Waals surface area contributed by atoms with Crippen LogP contribution < -0.4 is 10.4 Å². The molecule has 0 saturated heterocycles. The Labute approximate surface area is 137 Å². The van der Waals surface area contributed by atoms with E-state index in [9.17, 15) is 0 Å². The highest BCUT2D eigenvalue weighted by atomic mass is 28.3. The maximum atomic E-state index is 3.27. The zero-order valence-electron chi connectivity index (χ0n) is 14.6. The Kier molecular flexibility index (Phi) is 4.79. The number of rotatable bonds is 2. The van der Waals surface area contributed by atoms with Gasteiger partial charge in [0, 0.05) is 11.1 Å². The summed E-state index contributed by atoms with van der Waals surface area (Å²) in [6.45, 7) is 14.2. The molecule has 0 N–H and O–H groups in total. The number of benzene rings is 2. The predicted octanol–water partition coefficient (Wildman–Crippen LogP) is 4.18. The Morgan fingerprint density at radius 2 is 0.773 bits per heavy atom. The van der Waals surface area contributed by atoms with Gasteiger partial charge >= 0.3 is 0 Å². The van der Waals surface area contributed by atoms with Crippen LogP contribution in [-0.2, 0) is 0 Å². The number of hydrogen-bond donors (Lipinski definition) is 0. The lowest BCUT2D eigenvalue weighted by Crippen LogP contribution is -2.37. The van der Waals surface area contributed by atoms with Crippen molar-refractivity contribution in [1.29, 1.82) is 0 Å². The summed E-state index contributed by atoms with van der Waals surface area (Å²) in [6, 6.07) is 17.6. The van der Waals surface area contributed by atoms with Gasteiger partial charge in [0.15, 0.2) is 0 Å². The van der Waals surface area contributed by atoms with Crippen molar-refractivity contribution in [1.82, 2.24) is 0 Å². The van der Waals surface area contributed by atoms with Crippen molar-refractivity contribution in [2.24, 2.45) is 0 Å². The Morgan fingerprint density at radius 1 is 0.500 bits per heavy atom. The maximum Gasteiger partial charge on any atom is 0.0775 e. The third kappa shape index (κ3) is 4.46. The molecule has 0 amide bonds. The first kappa shape index (κ1) is 16.8. The molecule has 0 atom stereocenters. The molecule has 0 aliphatic rings. The summed E-state index contributed by atoms with van der Waals surface area (Å²) in [5.74, 6) is 6.55. The second-order valence-corrected chi connectivity index (χ2v) is 18.1. The molecule has 0 nitrogen and oxygen atoms in total. The minimum atomic E-state index is -1.21. The SMILES string of the molecule is C[Si](C)(C)c1ccc(C#Cc2ccc([Si](C)(C)C)cc2)cc1. The van der Waals surface area contributed by atoms with Gasteiger partial charge in [-0.3, -0.25) is 0 Å². The molecule has 0 saturated carbocycles. The van der Waals surface area contributed by atoms with Crippen molar-refractivity contribution >= 4 is 26.5 Å². The molecule has 0 spiro atoms. The van der Waals surface area contributed by atoms with Crippen LogP contribution in [0.5, 0.6) is 0 Å². The molecule has 114 valence electrons. The van der Waals surface area contributed by atoms with Crippen molar-refractivity contribution in [3.05, 3.63) is 59.7 Å². The van der Waals surface area contributed by atoms with Crippen molar-refractivity contribution in [2.45, 2.75) is 39.3 Å². The van der Waals surface area contributed by atoms with Gasteiger partial charge < -0.3 is 0 Å². The highest BCUT2D eigenvalue weighted by Crippen LogP contribution is 2.06. The first-order chi connectivity index (χ1) is 10.2. The van der Waals surface area contributed by atoms with Crippen molar-refractivity contribution < 1.29 is 0 Å².